The fourth-order valence-electron chi connectivity index (χ4n) is 3.90. The summed E-state index contributed by atoms with van der Waals surface area (Å²) in [5.74, 6) is 0.462. The molecule has 3 rings (SSSR count). The number of nitrogens with one attached hydrogen (secondary N) is 1. The van der Waals surface area contributed by atoms with Crippen molar-refractivity contribution in [2.45, 2.75) is 52.2 Å². The fourth-order valence-corrected chi connectivity index (χ4v) is 3.90. The maximum atomic E-state index is 12.6. The Kier molecular flexibility index (Phi) is 3.61. The molecule has 0 radical (unpaired) electrons. The minimum atomic E-state index is -0.374. The molecule has 1 aliphatic heterocycles. The number of amides is 2. The van der Waals surface area contributed by atoms with Gasteiger partial charge in [0.1, 0.15) is 0 Å². The van der Waals surface area contributed by atoms with Gasteiger partial charge in [0.25, 0.3) is 0 Å². The minimum absolute atomic E-state index is 0.0102. The Morgan fingerprint density at radius 3 is 2.81 bits per heavy atom. The van der Waals surface area contributed by atoms with E-state index < -0.39 is 0 Å². The van der Waals surface area contributed by atoms with Gasteiger partial charge in [0, 0.05) is 12.2 Å². The van der Waals surface area contributed by atoms with Crippen molar-refractivity contribution in [3.63, 3.8) is 0 Å². The maximum absolute atomic E-state index is 12.6. The van der Waals surface area contributed by atoms with Crippen LogP contribution in [0, 0.1) is 26.7 Å². The predicted molar refractivity (Wildman–Crippen MR) is 81.3 cm³/mol. The lowest BCUT2D eigenvalue weighted by Gasteiger charge is -2.27. The number of anilines is 1. The number of hydrogen-bond donors (Lipinski definition) is 2. The van der Waals surface area contributed by atoms with Crippen molar-refractivity contribution in [2.24, 2.45) is 5.92 Å². The SMILES string of the molecule is Cc1cc(C)c(NC(=O)N2CC[C@@H]3CC[C@@H](O)[C@@H]32)c(C)n1. The van der Waals surface area contributed by atoms with Gasteiger partial charge in [0.15, 0.2) is 0 Å². The number of fused-ring (bicyclic) bond motifs is 1. The molecule has 2 N–H and O–H groups in total. The molecule has 1 aromatic rings. The summed E-state index contributed by atoms with van der Waals surface area (Å²) < 4.78 is 0. The van der Waals surface area contributed by atoms with E-state index in [2.05, 4.69) is 10.3 Å². The summed E-state index contributed by atoms with van der Waals surface area (Å²) in [5.41, 5.74) is 3.61. The quantitative estimate of drug-likeness (QED) is 0.834. The number of pyridine rings is 1. The average molecular weight is 289 g/mol. The van der Waals surface area contributed by atoms with Crippen LogP contribution >= 0.6 is 0 Å². The number of urea groups is 1. The number of hydrogen-bond acceptors (Lipinski definition) is 3. The van der Waals surface area contributed by atoms with Gasteiger partial charge in [-0.3, -0.25) is 4.98 Å². The number of nitrogens with zero attached hydrogens (tertiary/aromatic N) is 2. The zero-order valence-electron chi connectivity index (χ0n) is 12.9. The number of aryl methyl sites for hydroxylation is 3. The lowest BCUT2D eigenvalue weighted by atomic mass is 10.0. The van der Waals surface area contributed by atoms with Crippen molar-refractivity contribution >= 4 is 11.7 Å². The molecule has 5 nitrogen and oxygen atoms in total. The van der Waals surface area contributed by atoms with E-state index in [1.54, 1.807) is 4.90 Å². The Morgan fingerprint density at radius 2 is 2.10 bits per heavy atom. The molecule has 2 heterocycles. The number of likely N-dealkylation sites (tertiary alicyclic amines) is 1. The first kappa shape index (κ1) is 14.3. The van der Waals surface area contributed by atoms with Crippen molar-refractivity contribution in [3.8, 4) is 0 Å². The second-order valence-electron chi connectivity index (χ2n) is 6.35. The van der Waals surface area contributed by atoms with Crippen molar-refractivity contribution in [1.29, 1.82) is 0 Å². The van der Waals surface area contributed by atoms with Crippen LogP contribution in [0.25, 0.3) is 0 Å². The molecule has 0 bridgehead atoms. The van der Waals surface area contributed by atoms with Crippen LogP contribution in [0.15, 0.2) is 6.07 Å². The second-order valence-corrected chi connectivity index (χ2v) is 6.35. The number of rotatable bonds is 1. The third-order valence-corrected chi connectivity index (χ3v) is 4.83. The molecule has 3 atom stereocenters. The highest BCUT2D eigenvalue weighted by Crippen LogP contribution is 2.38. The van der Waals surface area contributed by atoms with E-state index in [1.165, 1.54) is 0 Å². The van der Waals surface area contributed by atoms with Crippen LogP contribution in [-0.2, 0) is 0 Å². The number of aliphatic hydroxyl groups is 1. The third kappa shape index (κ3) is 2.50. The third-order valence-electron chi connectivity index (χ3n) is 4.83. The highest BCUT2D eigenvalue weighted by atomic mass is 16.3. The Hall–Kier alpha value is -1.62. The highest BCUT2D eigenvalue weighted by molar-refractivity contribution is 5.91. The molecule has 1 saturated heterocycles. The zero-order valence-corrected chi connectivity index (χ0v) is 12.9. The van der Waals surface area contributed by atoms with Crippen LogP contribution in [0.1, 0.15) is 36.2 Å². The molecule has 0 unspecified atom stereocenters. The first-order chi connectivity index (χ1) is 9.97. The molecule has 0 spiro atoms. The molecule has 2 fully saturated rings. The summed E-state index contributed by atoms with van der Waals surface area (Å²) in [6, 6.07) is 1.85. The molecular formula is C16H23N3O2. The second kappa shape index (κ2) is 5.30. The average Bonchev–Trinajstić information content (AvgIpc) is 2.97. The smallest absolute Gasteiger partial charge is 0.322 e. The van der Waals surface area contributed by atoms with Gasteiger partial charge in [-0.1, -0.05) is 0 Å². The van der Waals surface area contributed by atoms with Crippen molar-refractivity contribution in [3.05, 3.63) is 23.0 Å². The van der Waals surface area contributed by atoms with Crippen LogP contribution in [0.3, 0.4) is 0 Å². The molecule has 21 heavy (non-hydrogen) atoms. The molecule has 2 aliphatic rings. The highest BCUT2D eigenvalue weighted by Gasteiger charge is 2.45. The molecule has 1 aliphatic carbocycles. The Bertz CT molecular complexity index is 550. The van der Waals surface area contributed by atoms with E-state index in [9.17, 15) is 9.90 Å². The van der Waals surface area contributed by atoms with Gasteiger partial charge in [-0.05, 0) is 57.6 Å². The fraction of sp³-hybridized carbons (Fsp3) is 0.625. The van der Waals surface area contributed by atoms with Crippen molar-refractivity contribution in [1.82, 2.24) is 9.88 Å². The number of aliphatic hydroxyl groups excluding tert-OH is 1. The summed E-state index contributed by atoms with van der Waals surface area (Å²) in [6.07, 6.45) is 2.46. The van der Waals surface area contributed by atoms with E-state index in [0.29, 0.717) is 5.92 Å². The Morgan fingerprint density at radius 1 is 1.33 bits per heavy atom. The van der Waals surface area contributed by atoms with Gasteiger partial charge in [-0.2, -0.15) is 0 Å². The lowest BCUT2D eigenvalue weighted by Crippen LogP contribution is -2.44. The van der Waals surface area contributed by atoms with E-state index in [-0.39, 0.29) is 18.2 Å². The van der Waals surface area contributed by atoms with Crippen molar-refractivity contribution in [2.75, 3.05) is 11.9 Å². The van der Waals surface area contributed by atoms with Gasteiger partial charge >= 0.3 is 6.03 Å². The number of carbonyl (C=O) groups is 1. The zero-order chi connectivity index (χ0) is 15.1. The summed E-state index contributed by atoms with van der Waals surface area (Å²) in [4.78, 5) is 18.8. The molecule has 5 heteroatoms. The minimum Gasteiger partial charge on any atom is -0.391 e. The monoisotopic (exact) mass is 289 g/mol. The molecular weight excluding hydrogens is 266 g/mol. The molecule has 2 amide bonds. The topological polar surface area (TPSA) is 65.5 Å². The van der Waals surface area contributed by atoms with Gasteiger partial charge in [0.05, 0.1) is 23.5 Å². The van der Waals surface area contributed by atoms with Crippen molar-refractivity contribution < 1.29 is 9.90 Å². The lowest BCUT2D eigenvalue weighted by molar-refractivity contribution is 0.101. The van der Waals surface area contributed by atoms with Gasteiger partial charge in [0.2, 0.25) is 0 Å². The standard InChI is InChI=1S/C16H23N3O2/c1-9-8-10(2)17-11(3)14(9)18-16(21)19-7-6-12-4-5-13(20)15(12)19/h8,12-13,15,20H,4-7H2,1-3H3,(H,18,21)/t12-,13+,15+/m0/s1. The van der Waals surface area contributed by atoms with E-state index >= 15 is 0 Å². The predicted octanol–water partition coefficient (Wildman–Crippen LogP) is 2.38. The van der Waals surface area contributed by atoms with E-state index in [0.717, 1.165) is 48.4 Å². The summed E-state index contributed by atoms with van der Waals surface area (Å²) in [6.45, 7) is 6.57. The summed E-state index contributed by atoms with van der Waals surface area (Å²) in [7, 11) is 0. The molecule has 1 saturated carbocycles. The maximum Gasteiger partial charge on any atom is 0.322 e. The Balaban J connectivity index is 1.78. The van der Waals surface area contributed by atoms with Gasteiger partial charge < -0.3 is 15.3 Å². The molecule has 114 valence electrons. The first-order valence-corrected chi connectivity index (χ1v) is 7.68. The summed E-state index contributed by atoms with van der Waals surface area (Å²) >= 11 is 0. The van der Waals surface area contributed by atoms with E-state index in [1.807, 2.05) is 26.8 Å². The Labute approximate surface area is 125 Å². The van der Waals surface area contributed by atoms with Crippen LogP contribution in [0.2, 0.25) is 0 Å². The molecule has 1 aromatic heterocycles. The van der Waals surface area contributed by atoms with Crippen LogP contribution in [-0.4, -0.2) is 39.7 Å². The molecule has 0 aromatic carbocycles. The summed E-state index contributed by atoms with van der Waals surface area (Å²) in [5, 5.41) is 13.1. The van der Waals surface area contributed by atoms with E-state index in [4.69, 9.17) is 0 Å². The normalized spacial score (nSPS) is 27.8. The van der Waals surface area contributed by atoms with Gasteiger partial charge in [-0.25, -0.2) is 4.79 Å². The van der Waals surface area contributed by atoms with Crippen LogP contribution in [0.5, 0.6) is 0 Å². The van der Waals surface area contributed by atoms with Crippen LogP contribution < -0.4 is 5.32 Å². The number of carbonyl (C=O) groups excluding carboxylic acids is 1. The van der Waals surface area contributed by atoms with Crippen LogP contribution in [0.4, 0.5) is 10.5 Å². The van der Waals surface area contributed by atoms with Gasteiger partial charge in [-0.15, -0.1) is 0 Å². The first-order valence-electron chi connectivity index (χ1n) is 7.68. The largest absolute Gasteiger partial charge is 0.391 e. The number of aromatic nitrogens is 1.